The molecule has 1 saturated heterocycles. The quantitative estimate of drug-likeness (QED) is 0.795. The number of carbonyl (C=O) groups excluding carboxylic acids is 1. The van der Waals surface area contributed by atoms with E-state index in [1.54, 1.807) is 4.90 Å². The van der Waals surface area contributed by atoms with Gasteiger partial charge in [-0.25, -0.2) is 0 Å². The maximum atomic E-state index is 12.4. The molecule has 1 aliphatic carbocycles. The molecule has 0 aromatic rings. The van der Waals surface area contributed by atoms with Crippen LogP contribution in [0.1, 0.15) is 26.7 Å². The second kappa shape index (κ2) is 4.88. The largest absolute Gasteiger partial charge is 0.481 e. The first kappa shape index (κ1) is 13.3. The van der Waals surface area contributed by atoms with Crippen molar-refractivity contribution in [1.29, 1.82) is 0 Å². The van der Waals surface area contributed by atoms with Crippen LogP contribution in [0.25, 0.3) is 0 Å². The van der Waals surface area contributed by atoms with E-state index in [0.29, 0.717) is 26.3 Å². The molecule has 5 heteroatoms. The number of ether oxygens (including phenoxy) is 1. The van der Waals surface area contributed by atoms with Gasteiger partial charge in [0.1, 0.15) is 0 Å². The van der Waals surface area contributed by atoms with Gasteiger partial charge in [-0.1, -0.05) is 6.92 Å². The summed E-state index contributed by atoms with van der Waals surface area (Å²) in [4.78, 5) is 25.2. The number of carboxylic acids is 1. The van der Waals surface area contributed by atoms with Gasteiger partial charge in [0.2, 0.25) is 5.91 Å². The first-order valence-corrected chi connectivity index (χ1v) is 6.60. The molecule has 0 unspecified atom stereocenters. The average molecular weight is 255 g/mol. The smallest absolute Gasteiger partial charge is 0.308 e. The first-order valence-electron chi connectivity index (χ1n) is 6.60. The Bertz CT molecular complexity index is 351. The van der Waals surface area contributed by atoms with E-state index >= 15 is 0 Å². The van der Waals surface area contributed by atoms with Gasteiger partial charge in [-0.05, 0) is 25.7 Å². The van der Waals surface area contributed by atoms with E-state index in [1.807, 2.05) is 13.8 Å². The molecule has 2 atom stereocenters. The summed E-state index contributed by atoms with van der Waals surface area (Å²) in [5, 5.41) is 9.08. The molecular formula is C13H21NO4. The highest BCUT2D eigenvalue weighted by Crippen LogP contribution is 2.48. The van der Waals surface area contributed by atoms with Gasteiger partial charge < -0.3 is 14.7 Å². The van der Waals surface area contributed by atoms with E-state index in [4.69, 9.17) is 9.84 Å². The minimum atomic E-state index is -0.799. The van der Waals surface area contributed by atoms with Gasteiger partial charge in [0.25, 0.3) is 0 Å². The van der Waals surface area contributed by atoms with E-state index in [2.05, 4.69) is 0 Å². The van der Waals surface area contributed by atoms with Gasteiger partial charge in [0.05, 0.1) is 17.9 Å². The van der Waals surface area contributed by atoms with Crippen molar-refractivity contribution in [3.63, 3.8) is 0 Å². The molecule has 0 bridgehead atoms. The Morgan fingerprint density at radius 1 is 1.39 bits per heavy atom. The van der Waals surface area contributed by atoms with Crippen LogP contribution in [-0.4, -0.2) is 48.2 Å². The molecule has 1 heterocycles. The van der Waals surface area contributed by atoms with Crippen molar-refractivity contribution in [1.82, 2.24) is 4.90 Å². The Morgan fingerprint density at radius 2 is 2.06 bits per heavy atom. The summed E-state index contributed by atoms with van der Waals surface area (Å²) < 4.78 is 5.38. The van der Waals surface area contributed by atoms with Crippen molar-refractivity contribution in [3.8, 4) is 0 Å². The molecule has 2 fully saturated rings. The van der Waals surface area contributed by atoms with Gasteiger partial charge >= 0.3 is 5.97 Å². The maximum absolute atomic E-state index is 12.4. The van der Waals surface area contributed by atoms with Crippen molar-refractivity contribution >= 4 is 11.9 Å². The molecule has 1 N–H and O–H groups in total. The number of hydrogen-bond donors (Lipinski definition) is 1. The van der Waals surface area contributed by atoms with Crippen LogP contribution >= 0.6 is 0 Å². The Kier molecular flexibility index (Phi) is 3.61. The molecule has 2 rings (SSSR count). The van der Waals surface area contributed by atoms with E-state index in [1.165, 1.54) is 0 Å². The molecule has 18 heavy (non-hydrogen) atoms. The number of carboxylic acid groups (broad SMARTS) is 1. The zero-order valence-corrected chi connectivity index (χ0v) is 11.0. The minimum absolute atomic E-state index is 0.0364. The number of aliphatic carboxylic acids is 1. The van der Waals surface area contributed by atoms with E-state index in [9.17, 15) is 9.59 Å². The minimum Gasteiger partial charge on any atom is -0.481 e. The highest BCUT2D eigenvalue weighted by molar-refractivity contribution is 5.86. The maximum Gasteiger partial charge on any atom is 0.308 e. The van der Waals surface area contributed by atoms with Gasteiger partial charge in [-0.15, -0.1) is 0 Å². The first-order chi connectivity index (χ1) is 8.50. The summed E-state index contributed by atoms with van der Waals surface area (Å²) in [5.41, 5.74) is -0.344. The molecular weight excluding hydrogens is 234 g/mol. The second-order valence-corrected chi connectivity index (χ2v) is 5.55. The molecule has 0 radical (unpaired) electrons. The van der Waals surface area contributed by atoms with Crippen LogP contribution < -0.4 is 0 Å². The van der Waals surface area contributed by atoms with Gasteiger partial charge in [-0.3, -0.25) is 9.59 Å². The normalized spacial score (nSPS) is 29.3. The lowest BCUT2D eigenvalue weighted by atomic mass is 9.99. The predicted octanol–water partition coefficient (Wildman–Crippen LogP) is 0.982. The summed E-state index contributed by atoms with van der Waals surface area (Å²) in [7, 11) is 0. The van der Waals surface area contributed by atoms with Crippen molar-refractivity contribution in [2.45, 2.75) is 26.7 Å². The zero-order chi connectivity index (χ0) is 13.3. The van der Waals surface area contributed by atoms with Crippen LogP contribution in [0.3, 0.4) is 0 Å². The monoisotopic (exact) mass is 255 g/mol. The Hall–Kier alpha value is -1.10. The number of carbonyl (C=O) groups is 2. The predicted molar refractivity (Wildman–Crippen MR) is 65.0 cm³/mol. The number of amides is 1. The molecule has 0 aromatic heterocycles. The fraction of sp³-hybridized carbons (Fsp3) is 0.846. The van der Waals surface area contributed by atoms with Crippen LogP contribution in [0, 0.1) is 17.3 Å². The average Bonchev–Trinajstić information content (AvgIpc) is 3.02. The molecule has 5 nitrogen and oxygen atoms in total. The lowest BCUT2D eigenvalue weighted by Gasteiger charge is -2.22. The second-order valence-electron chi connectivity index (χ2n) is 5.55. The van der Waals surface area contributed by atoms with E-state index in [-0.39, 0.29) is 17.2 Å². The van der Waals surface area contributed by atoms with Crippen LogP contribution in [0.15, 0.2) is 0 Å². The fourth-order valence-electron chi connectivity index (χ4n) is 2.66. The molecule has 0 aromatic carbocycles. The van der Waals surface area contributed by atoms with Crippen LogP contribution in [0.5, 0.6) is 0 Å². The third kappa shape index (κ3) is 2.36. The lowest BCUT2D eigenvalue weighted by molar-refractivity contribution is -0.143. The summed E-state index contributed by atoms with van der Waals surface area (Å²) in [5.74, 6) is -1.09. The molecule has 0 spiro atoms. The van der Waals surface area contributed by atoms with Gasteiger partial charge in [-0.2, -0.15) is 0 Å². The molecule has 1 aliphatic heterocycles. The van der Waals surface area contributed by atoms with Gasteiger partial charge in [0.15, 0.2) is 0 Å². The number of nitrogens with zero attached hydrogens (tertiary/aromatic N) is 1. The standard InChI is InChI=1S/C13H21NO4/c1-3-18-8-13(4-5-13)12(17)14-6-9(2)10(7-14)11(15)16/h9-10H,3-8H2,1-2H3,(H,15,16)/t9-,10-/m1/s1. The molecule has 2 aliphatic rings. The number of hydrogen-bond acceptors (Lipinski definition) is 3. The molecule has 102 valence electrons. The third-order valence-electron chi connectivity index (χ3n) is 4.11. The topological polar surface area (TPSA) is 66.8 Å². The Labute approximate surface area is 107 Å². The van der Waals surface area contributed by atoms with Crippen molar-refractivity contribution in [2.75, 3.05) is 26.3 Å². The third-order valence-corrected chi connectivity index (χ3v) is 4.11. The highest BCUT2D eigenvalue weighted by atomic mass is 16.5. The fourth-order valence-corrected chi connectivity index (χ4v) is 2.66. The summed E-state index contributed by atoms with van der Waals surface area (Å²) in [6, 6.07) is 0. The Morgan fingerprint density at radius 3 is 2.50 bits per heavy atom. The SMILES string of the molecule is CCOCC1(C(=O)N2C[C@@H](C)[C@H](C(=O)O)C2)CC1. The van der Waals surface area contributed by atoms with Crippen LogP contribution in [0.2, 0.25) is 0 Å². The Balaban J connectivity index is 1.97. The summed E-state index contributed by atoms with van der Waals surface area (Å²) in [6.07, 6.45) is 1.74. The van der Waals surface area contributed by atoms with Crippen molar-refractivity contribution < 1.29 is 19.4 Å². The lowest BCUT2D eigenvalue weighted by Crippen LogP contribution is -2.38. The van der Waals surface area contributed by atoms with E-state index in [0.717, 1.165) is 12.8 Å². The zero-order valence-electron chi connectivity index (χ0n) is 11.0. The summed E-state index contributed by atoms with van der Waals surface area (Å²) in [6.45, 7) is 5.81. The van der Waals surface area contributed by atoms with Crippen LogP contribution in [-0.2, 0) is 14.3 Å². The molecule has 1 saturated carbocycles. The van der Waals surface area contributed by atoms with E-state index < -0.39 is 11.9 Å². The van der Waals surface area contributed by atoms with Gasteiger partial charge in [0, 0.05) is 19.7 Å². The highest BCUT2D eigenvalue weighted by Gasteiger charge is 2.53. The van der Waals surface area contributed by atoms with Crippen molar-refractivity contribution in [2.24, 2.45) is 17.3 Å². The summed E-state index contributed by atoms with van der Waals surface area (Å²) >= 11 is 0. The molecule has 1 amide bonds. The van der Waals surface area contributed by atoms with Crippen LogP contribution in [0.4, 0.5) is 0 Å². The number of rotatable bonds is 5. The number of likely N-dealkylation sites (tertiary alicyclic amines) is 1. The van der Waals surface area contributed by atoms with Crippen molar-refractivity contribution in [3.05, 3.63) is 0 Å².